The van der Waals surface area contributed by atoms with Crippen LogP contribution in [0.5, 0.6) is 0 Å². The molecule has 0 aliphatic carbocycles. The van der Waals surface area contributed by atoms with E-state index in [1.165, 1.54) is 6.92 Å². The SMILES string of the molecule is CC(=O)Nc1nn(-c2ccccc2)c(N)[n+]1C. The summed E-state index contributed by atoms with van der Waals surface area (Å²) in [7, 11) is 1.74. The minimum Gasteiger partial charge on any atom is -0.320 e. The third-order valence-corrected chi connectivity index (χ3v) is 2.36. The second-order valence-corrected chi connectivity index (χ2v) is 3.67. The lowest BCUT2D eigenvalue weighted by Crippen LogP contribution is -2.35. The van der Waals surface area contributed by atoms with Crippen LogP contribution in [-0.4, -0.2) is 15.7 Å². The van der Waals surface area contributed by atoms with E-state index < -0.39 is 0 Å². The fraction of sp³-hybridized carbons (Fsp3) is 0.182. The van der Waals surface area contributed by atoms with Gasteiger partial charge in [-0.15, -0.1) is 4.68 Å². The molecule has 0 fully saturated rings. The molecule has 0 spiro atoms. The van der Waals surface area contributed by atoms with E-state index in [1.807, 2.05) is 30.3 Å². The highest BCUT2D eigenvalue weighted by Gasteiger charge is 2.20. The first-order chi connectivity index (χ1) is 8.09. The van der Waals surface area contributed by atoms with Gasteiger partial charge in [0.2, 0.25) is 0 Å². The lowest BCUT2D eigenvalue weighted by molar-refractivity contribution is -0.642. The summed E-state index contributed by atoms with van der Waals surface area (Å²) < 4.78 is 3.19. The molecule has 2 aromatic rings. The summed E-state index contributed by atoms with van der Waals surface area (Å²) >= 11 is 0. The molecule has 1 heterocycles. The molecule has 1 aromatic heterocycles. The summed E-state index contributed by atoms with van der Waals surface area (Å²) in [5.74, 6) is 0.678. The molecule has 1 aromatic carbocycles. The van der Waals surface area contributed by atoms with Crippen LogP contribution < -0.4 is 15.6 Å². The van der Waals surface area contributed by atoms with Crippen molar-refractivity contribution in [2.75, 3.05) is 11.1 Å². The number of anilines is 2. The largest absolute Gasteiger partial charge is 0.356 e. The number of amides is 1. The molecule has 2 rings (SSSR count). The van der Waals surface area contributed by atoms with Crippen LogP contribution in [0.1, 0.15) is 6.92 Å². The number of hydrogen-bond acceptors (Lipinski definition) is 3. The number of carbonyl (C=O) groups excluding carboxylic acids is 1. The Bertz CT molecular complexity index is 546. The van der Waals surface area contributed by atoms with Crippen LogP contribution in [0.4, 0.5) is 11.9 Å². The zero-order chi connectivity index (χ0) is 12.4. The van der Waals surface area contributed by atoms with Gasteiger partial charge in [0.25, 0.3) is 5.91 Å². The van der Waals surface area contributed by atoms with Gasteiger partial charge in [0.05, 0.1) is 0 Å². The second kappa shape index (κ2) is 4.25. The number of hydrogen-bond donors (Lipinski definition) is 2. The lowest BCUT2D eigenvalue weighted by atomic mass is 10.3. The van der Waals surface area contributed by atoms with E-state index in [2.05, 4.69) is 10.4 Å². The number of rotatable bonds is 2. The summed E-state index contributed by atoms with van der Waals surface area (Å²) in [6.07, 6.45) is 0. The minimum absolute atomic E-state index is 0.182. The summed E-state index contributed by atoms with van der Waals surface area (Å²) in [4.78, 5) is 11.0. The Morgan fingerprint density at radius 2 is 2.06 bits per heavy atom. The molecule has 88 valence electrons. The number of nitrogens with two attached hydrogens (primary N) is 1. The Morgan fingerprint density at radius 3 is 2.65 bits per heavy atom. The predicted molar refractivity (Wildman–Crippen MR) is 63.5 cm³/mol. The molecule has 17 heavy (non-hydrogen) atoms. The number of nitrogens with one attached hydrogen (secondary N) is 1. The van der Waals surface area contributed by atoms with Gasteiger partial charge in [0, 0.05) is 19.1 Å². The van der Waals surface area contributed by atoms with Crippen LogP contribution in [0, 0.1) is 0 Å². The Morgan fingerprint density at radius 1 is 1.41 bits per heavy atom. The van der Waals surface area contributed by atoms with E-state index in [0.717, 1.165) is 5.69 Å². The molecule has 0 saturated heterocycles. The average molecular weight is 232 g/mol. The van der Waals surface area contributed by atoms with Crippen molar-refractivity contribution < 1.29 is 9.36 Å². The Kier molecular flexibility index (Phi) is 2.78. The van der Waals surface area contributed by atoms with Crippen LogP contribution in [-0.2, 0) is 11.8 Å². The maximum atomic E-state index is 11.0. The van der Waals surface area contributed by atoms with Crippen molar-refractivity contribution in [1.82, 2.24) is 9.78 Å². The van der Waals surface area contributed by atoms with Gasteiger partial charge in [-0.25, -0.2) is 9.88 Å². The van der Waals surface area contributed by atoms with Gasteiger partial charge in [-0.3, -0.25) is 4.79 Å². The minimum atomic E-state index is -0.182. The molecule has 0 aliphatic rings. The quantitative estimate of drug-likeness (QED) is 0.728. The number of benzene rings is 1. The molecule has 6 heteroatoms. The van der Waals surface area contributed by atoms with Crippen LogP contribution >= 0.6 is 0 Å². The normalized spacial score (nSPS) is 10.2. The molecular formula is C11H14N5O+. The van der Waals surface area contributed by atoms with Crippen molar-refractivity contribution in [3.05, 3.63) is 30.3 Å². The Labute approximate surface area is 98.7 Å². The fourth-order valence-electron chi connectivity index (χ4n) is 1.49. The van der Waals surface area contributed by atoms with Gasteiger partial charge < -0.3 is 5.73 Å². The van der Waals surface area contributed by atoms with E-state index in [-0.39, 0.29) is 5.91 Å². The number of aromatic nitrogens is 3. The number of carbonyl (C=O) groups is 1. The van der Waals surface area contributed by atoms with Crippen LogP contribution in [0.25, 0.3) is 5.69 Å². The molecule has 6 nitrogen and oxygen atoms in total. The Hall–Kier alpha value is -2.37. The molecule has 3 N–H and O–H groups in total. The zero-order valence-corrected chi connectivity index (χ0v) is 9.71. The van der Waals surface area contributed by atoms with Gasteiger partial charge in [0.15, 0.2) is 0 Å². The lowest BCUT2D eigenvalue weighted by Gasteiger charge is -1.96. The number of nitrogens with zero attached hydrogens (tertiary/aromatic N) is 3. The van der Waals surface area contributed by atoms with Crippen molar-refractivity contribution >= 4 is 17.8 Å². The van der Waals surface area contributed by atoms with Crippen molar-refractivity contribution in [1.29, 1.82) is 0 Å². The van der Waals surface area contributed by atoms with Gasteiger partial charge in [0.1, 0.15) is 5.69 Å². The van der Waals surface area contributed by atoms with E-state index in [0.29, 0.717) is 11.9 Å². The highest BCUT2D eigenvalue weighted by molar-refractivity contribution is 5.86. The van der Waals surface area contributed by atoms with Crippen molar-refractivity contribution in [3.63, 3.8) is 0 Å². The topological polar surface area (TPSA) is 76.8 Å². The van der Waals surface area contributed by atoms with Crippen molar-refractivity contribution in [2.45, 2.75) is 6.92 Å². The Balaban J connectivity index is 2.46. The first-order valence-electron chi connectivity index (χ1n) is 5.17. The number of para-hydroxylation sites is 1. The van der Waals surface area contributed by atoms with E-state index in [9.17, 15) is 4.79 Å². The average Bonchev–Trinajstić information content (AvgIpc) is 2.58. The van der Waals surface area contributed by atoms with Crippen LogP contribution in [0.15, 0.2) is 30.3 Å². The predicted octanol–water partition coefficient (Wildman–Crippen LogP) is 0.237. The van der Waals surface area contributed by atoms with Crippen molar-refractivity contribution in [2.24, 2.45) is 7.05 Å². The summed E-state index contributed by atoms with van der Waals surface area (Å²) in [6, 6.07) is 9.49. The molecule has 1 amide bonds. The van der Waals surface area contributed by atoms with E-state index in [4.69, 9.17) is 5.73 Å². The van der Waals surface area contributed by atoms with Gasteiger partial charge in [-0.1, -0.05) is 18.2 Å². The van der Waals surface area contributed by atoms with Crippen LogP contribution in [0.2, 0.25) is 0 Å². The molecule has 0 saturated carbocycles. The standard InChI is InChI=1S/C11H13N5O/c1-8(17)13-11-14-16(10(12)15(11)2)9-6-4-3-5-7-9/h3-7,12H,1-2H3,(H,13,14,17)/p+1. The molecule has 0 atom stereocenters. The first-order valence-corrected chi connectivity index (χ1v) is 5.17. The molecular weight excluding hydrogens is 218 g/mol. The van der Waals surface area contributed by atoms with Gasteiger partial charge in [-0.05, 0) is 12.1 Å². The summed E-state index contributed by atoms with van der Waals surface area (Å²) in [5, 5.41) is 6.86. The first kappa shape index (κ1) is 11.1. The molecule has 0 unspecified atom stereocenters. The zero-order valence-electron chi connectivity index (χ0n) is 9.71. The third-order valence-electron chi connectivity index (χ3n) is 2.36. The maximum absolute atomic E-state index is 11.0. The van der Waals surface area contributed by atoms with Gasteiger partial charge >= 0.3 is 11.9 Å². The monoisotopic (exact) mass is 232 g/mol. The van der Waals surface area contributed by atoms with E-state index >= 15 is 0 Å². The highest BCUT2D eigenvalue weighted by atomic mass is 16.1. The smallest absolute Gasteiger partial charge is 0.320 e. The van der Waals surface area contributed by atoms with Gasteiger partial charge in [-0.2, -0.15) is 0 Å². The third kappa shape index (κ3) is 2.10. The second-order valence-electron chi connectivity index (χ2n) is 3.67. The molecule has 0 aliphatic heterocycles. The molecule has 0 bridgehead atoms. The maximum Gasteiger partial charge on any atom is 0.356 e. The molecule has 0 radical (unpaired) electrons. The van der Waals surface area contributed by atoms with Crippen molar-refractivity contribution in [3.8, 4) is 5.69 Å². The number of nitrogen functional groups attached to an aromatic ring is 1. The summed E-state index contributed by atoms with van der Waals surface area (Å²) in [5.41, 5.74) is 6.77. The highest BCUT2D eigenvalue weighted by Crippen LogP contribution is 2.10. The summed E-state index contributed by atoms with van der Waals surface area (Å²) in [6.45, 7) is 1.43. The van der Waals surface area contributed by atoms with E-state index in [1.54, 1.807) is 16.3 Å². The fourth-order valence-corrected chi connectivity index (χ4v) is 1.49. The van der Waals surface area contributed by atoms with Crippen LogP contribution in [0.3, 0.4) is 0 Å².